The van der Waals surface area contributed by atoms with Crippen molar-refractivity contribution >= 4 is 21.7 Å². The maximum atomic E-state index is 5.13. The van der Waals surface area contributed by atoms with Crippen molar-refractivity contribution in [1.29, 1.82) is 0 Å². The van der Waals surface area contributed by atoms with Gasteiger partial charge in [0.05, 0.1) is 6.61 Å². The van der Waals surface area contributed by atoms with Gasteiger partial charge >= 0.3 is 0 Å². The molecule has 0 spiro atoms. The third kappa shape index (κ3) is 4.58. The van der Waals surface area contributed by atoms with Gasteiger partial charge in [0.1, 0.15) is 5.82 Å². The molecular formula is C14H23BrN2O. The molecule has 0 aliphatic rings. The van der Waals surface area contributed by atoms with E-state index in [9.17, 15) is 0 Å². The van der Waals surface area contributed by atoms with Crippen LogP contribution in [0.4, 0.5) is 5.82 Å². The van der Waals surface area contributed by atoms with E-state index in [1.807, 2.05) is 6.20 Å². The third-order valence-electron chi connectivity index (χ3n) is 2.86. The van der Waals surface area contributed by atoms with E-state index in [2.05, 4.69) is 58.7 Å². The molecule has 1 aromatic rings. The Kier molecular flexibility index (Phi) is 6.09. The molecule has 0 aromatic carbocycles. The zero-order chi connectivity index (χ0) is 13.6. The predicted molar refractivity (Wildman–Crippen MR) is 80.8 cm³/mol. The lowest BCUT2D eigenvalue weighted by molar-refractivity contribution is 0.205. The molecule has 0 unspecified atom stereocenters. The molecule has 0 atom stereocenters. The summed E-state index contributed by atoms with van der Waals surface area (Å²) in [5, 5.41) is 0.930. The zero-order valence-electron chi connectivity index (χ0n) is 11.7. The van der Waals surface area contributed by atoms with E-state index < -0.39 is 0 Å². The monoisotopic (exact) mass is 314 g/mol. The van der Waals surface area contributed by atoms with E-state index in [0.717, 1.165) is 30.8 Å². The number of hydrogen-bond acceptors (Lipinski definition) is 3. The molecule has 1 heterocycles. The lowest BCUT2D eigenvalue weighted by Gasteiger charge is -2.24. The minimum Gasteiger partial charge on any atom is -0.383 e. The molecule has 1 aromatic heterocycles. The first-order valence-corrected chi connectivity index (χ1v) is 7.37. The van der Waals surface area contributed by atoms with Crippen molar-refractivity contribution in [3.63, 3.8) is 0 Å². The van der Waals surface area contributed by atoms with Crippen LogP contribution in [0.3, 0.4) is 0 Å². The number of pyridine rings is 1. The highest BCUT2D eigenvalue weighted by Crippen LogP contribution is 2.22. The van der Waals surface area contributed by atoms with Gasteiger partial charge in [-0.15, -0.1) is 0 Å². The van der Waals surface area contributed by atoms with Crippen LogP contribution in [0.15, 0.2) is 18.3 Å². The van der Waals surface area contributed by atoms with Gasteiger partial charge in [-0.2, -0.15) is 0 Å². The second-order valence-electron chi connectivity index (χ2n) is 5.32. The highest BCUT2D eigenvalue weighted by Gasteiger charge is 2.14. The smallest absolute Gasteiger partial charge is 0.128 e. The Bertz CT molecular complexity index is 346. The molecule has 0 amide bonds. The minimum atomic E-state index is 0.151. The highest BCUT2D eigenvalue weighted by molar-refractivity contribution is 9.09. The van der Waals surface area contributed by atoms with Gasteiger partial charge in [0.2, 0.25) is 0 Å². The predicted octanol–water partition coefficient (Wildman–Crippen LogP) is 3.23. The van der Waals surface area contributed by atoms with Crippen molar-refractivity contribution in [2.75, 3.05) is 37.0 Å². The second-order valence-corrected chi connectivity index (χ2v) is 6.12. The Labute approximate surface area is 119 Å². The van der Waals surface area contributed by atoms with Crippen LogP contribution < -0.4 is 4.90 Å². The number of hydrogen-bond donors (Lipinski definition) is 0. The number of alkyl halides is 1. The average Bonchev–Trinajstić information content (AvgIpc) is 2.33. The molecular weight excluding hydrogens is 292 g/mol. The summed E-state index contributed by atoms with van der Waals surface area (Å²) in [5.41, 5.74) is 1.41. The van der Waals surface area contributed by atoms with E-state index in [-0.39, 0.29) is 5.41 Å². The van der Waals surface area contributed by atoms with Crippen molar-refractivity contribution in [2.45, 2.75) is 26.2 Å². The molecule has 0 saturated carbocycles. The molecule has 0 aliphatic carbocycles. The van der Waals surface area contributed by atoms with Gasteiger partial charge in [0.15, 0.2) is 0 Å². The molecule has 0 bridgehead atoms. The van der Waals surface area contributed by atoms with Crippen LogP contribution in [-0.4, -0.2) is 37.1 Å². The number of rotatable bonds is 6. The number of nitrogens with zero attached hydrogens (tertiary/aromatic N) is 2. The van der Waals surface area contributed by atoms with Gasteiger partial charge in [-0.3, -0.25) is 0 Å². The fourth-order valence-corrected chi connectivity index (χ4v) is 2.09. The summed E-state index contributed by atoms with van der Waals surface area (Å²) >= 11 is 3.48. The van der Waals surface area contributed by atoms with Crippen LogP contribution in [0.5, 0.6) is 0 Å². The van der Waals surface area contributed by atoms with Crippen molar-refractivity contribution in [3.05, 3.63) is 23.9 Å². The Hall–Kier alpha value is -0.610. The number of ether oxygens (including phenoxy) is 1. The van der Waals surface area contributed by atoms with Gasteiger partial charge in [-0.05, 0) is 17.0 Å². The third-order valence-corrected chi connectivity index (χ3v) is 3.21. The highest BCUT2D eigenvalue weighted by atomic mass is 79.9. The maximum absolute atomic E-state index is 5.13. The van der Waals surface area contributed by atoms with Crippen molar-refractivity contribution in [2.24, 2.45) is 0 Å². The van der Waals surface area contributed by atoms with Crippen LogP contribution >= 0.6 is 15.9 Å². The van der Waals surface area contributed by atoms with Gasteiger partial charge in [0.25, 0.3) is 0 Å². The van der Waals surface area contributed by atoms with Crippen LogP contribution in [0.25, 0.3) is 0 Å². The maximum Gasteiger partial charge on any atom is 0.128 e. The summed E-state index contributed by atoms with van der Waals surface area (Å²) in [6.45, 7) is 9.12. The minimum absolute atomic E-state index is 0.151. The molecule has 18 heavy (non-hydrogen) atoms. The molecule has 1 rings (SSSR count). The molecule has 102 valence electrons. The summed E-state index contributed by atoms with van der Waals surface area (Å²) in [7, 11) is 1.72. The van der Waals surface area contributed by atoms with Crippen molar-refractivity contribution in [3.8, 4) is 0 Å². The van der Waals surface area contributed by atoms with Gasteiger partial charge in [-0.25, -0.2) is 4.98 Å². The fraction of sp³-hybridized carbons (Fsp3) is 0.643. The topological polar surface area (TPSA) is 25.4 Å². The summed E-state index contributed by atoms with van der Waals surface area (Å²) < 4.78 is 5.13. The Balaban J connectivity index is 2.79. The molecule has 0 N–H and O–H groups in total. The number of anilines is 1. The van der Waals surface area contributed by atoms with Crippen LogP contribution in [-0.2, 0) is 10.2 Å². The zero-order valence-corrected chi connectivity index (χ0v) is 13.3. The summed E-state index contributed by atoms with van der Waals surface area (Å²) in [4.78, 5) is 6.79. The fourth-order valence-electron chi connectivity index (χ4n) is 1.66. The molecule has 0 saturated heterocycles. The molecule has 3 nitrogen and oxygen atoms in total. The average molecular weight is 315 g/mol. The number of methoxy groups -OCH3 is 1. The van der Waals surface area contributed by atoms with E-state index in [1.165, 1.54) is 5.56 Å². The standard InChI is InChI=1S/C14H23BrN2O/c1-14(2,3)12-5-6-13(16-11-12)17(8-7-15)9-10-18-4/h5-6,11H,7-10H2,1-4H3. The van der Waals surface area contributed by atoms with Crippen molar-refractivity contribution in [1.82, 2.24) is 4.98 Å². The van der Waals surface area contributed by atoms with Crippen molar-refractivity contribution < 1.29 is 4.74 Å². The Morgan fingerprint density at radius 1 is 1.28 bits per heavy atom. The Morgan fingerprint density at radius 2 is 2.00 bits per heavy atom. The summed E-state index contributed by atoms with van der Waals surface area (Å²) in [6.07, 6.45) is 1.98. The van der Waals surface area contributed by atoms with Gasteiger partial charge in [-0.1, -0.05) is 42.8 Å². The van der Waals surface area contributed by atoms with Gasteiger partial charge in [0, 0.05) is 31.7 Å². The van der Waals surface area contributed by atoms with Crippen LogP contribution in [0.1, 0.15) is 26.3 Å². The Morgan fingerprint density at radius 3 is 2.44 bits per heavy atom. The number of aromatic nitrogens is 1. The first kappa shape index (κ1) is 15.4. The normalized spacial score (nSPS) is 11.6. The first-order chi connectivity index (χ1) is 8.49. The number of halogens is 1. The molecule has 4 heteroatoms. The van der Waals surface area contributed by atoms with E-state index in [0.29, 0.717) is 0 Å². The molecule has 0 fully saturated rings. The first-order valence-electron chi connectivity index (χ1n) is 6.25. The largest absolute Gasteiger partial charge is 0.383 e. The molecule has 0 aliphatic heterocycles. The quantitative estimate of drug-likeness (QED) is 0.754. The second kappa shape index (κ2) is 7.10. The lowest BCUT2D eigenvalue weighted by atomic mass is 9.88. The van der Waals surface area contributed by atoms with E-state index in [1.54, 1.807) is 7.11 Å². The SMILES string of the molecule is COCCN(CCBr)c1ccc(C(C)(C)C)cn1. The van der Waals surface area contributed by atoms with Crippen LogP contribution in [0.2, 0.25) is 0 Å². The molecule has 0 radical (unpaired) electrons. The van der Waals surface area contributed by atoms with Gasteiger partial charge < -0.3 is 9.64 Å². The van der Waals surface area contributed by atoms with Crippen LogP contribution in [0, 0.1) is 0 Å². The summed E-state index contributed by atoms with van der Waals surface area (Å²) in [5.74, 6) is 1.01. The lowest BCUT2D eigenvalue weighted by Crippen LogP contribution is -2.30. The van der Waals surface area contributed by atoms with E-state index in [4.69, 9.17) is 4.74 Å². The summed E-state index contributed by atoms with van der Waals surface area (Å²) in [6, 6.07) is 4.26. The van der Waals surface area contributed by atoms with E-state index >= 15 is 0 Å².